The monoisotopic (exact) mass is 459 g/mol. The zero-order valence-corrected chi connectivity index (χ0v) is 18.5. The van der Waals surface area contributed by atoms with E-state index in [0.29, 0.717) is 12.2 Å². The number of rotatable bonds is 5. The molecular weight excluding hydrogens is 435 g/mol. The highest BCUT2D eigenvalue weighted by Crippen LogP contribution is 2.43. The van der Waals surface area contributed by atoms with E-state index in [1.807, 2.05) is 13.0 Å². The molecule has 2 aliphatic heterocycles. The fraction of sp³-hybridized carbons (Fsp3) is 0.391. The summed E-state index contributed by atoms with van der Waals surface area (Å²) in [7, 11) is 0. The van der Waals surface area contributed by atoms with Gasteiger partial charge in [0, 0.05) is 35.3 Å². The smallest absolute Gasteiger partial charge is 0.258 e. The van der Waals surface area contributed by atoms with E-state index in [2.05, 4.69) is 0 Å². The number of nitrogens with two attached hydrogens (primary N) is 1. The molecule has 0 unspecified atom stereocenters. The van der Waals surface area contributed by atoms with Crippen LogP contribution in [0.5, 0.6) is 5.75 Å². The average molecular weight is 460 g/mol. The molecule has 3 heterocycles. The summed E-state index contributed by atoms with van der Waals surface area (Å²) in [6.07, 6.45) is 0.796. The third-order valence-corrected chi connectivity index (χ3v) is 6.42. The molecule has 1 aromatic carbocycles. The molecule has 32 heavy (non-hydrogen) atoms. The number of benzene rings is 1. The molecule has 0 bridgehead atoms. The van der Waals surface area contributed by atoms with E-state index < -0.39 is 11.7 Å². The van der Waals surface area contributed by atoms with Crippen molar-refractivity contribution in [2.75, 3.05) is 32.8 Å². The lowest BCUT2D eigenvalue weighted by Crippen LogP contribution is -3.14. The molecule has 0 amide bonds. The summed E-state index contributed by atoms with van der Waals surface area (Å²) in [4.78, 5) is 15.1. The lowest BCUT2D eigenvalue weighted by atomic mass is 9.83. The number of morpholine rings is 1. The van der Waals surface area contributed by atoms with Gasteiger partial charge in [-0.3, -0.25) is 4.79 Å². The number of nitrogens with one attached hydrogen (secondary N) is 1. The Morgan fingerprint density at radius 2 is 2.09 bits per heavy atom. The zero-order chi connectivity index (χ0) is 22.8. The molecule has 7 nitrogen and oxygen atoms in total. The number of quaternary nitrogens is 1. The van der Waals surface area contributed by atoms with E-state index in [0.717, 1.165) is 39.3 Å². The second kappa shape index (κ2) is 9.33. The van der Waals surface area contributed by atoms with Crippen molar-refractivity contribution >= 4 is 11.6 Å². The largest absolute Gasteiger partial charge is 0.440 e. The molecule has 0 saturated carbocycles. The molecule has 1 saturated heterocycles. The highest BCUT2D eigenvalue weighted by atomic mass is 35.5. The van der Waals surface area contributed by atoms with E-state index in [9.17, 15) is 14.4 Å². The molecule has 9 heteroatoms. The summed E-state index contributed by atoms with van der Waals surface area (Å²) in [6.45, 7) is 6.64. The molecule has 2 aliphatic rings. The zero-order valence-electron chi connectivity index (χ0n) is 17.8. The molecular formula is C23H25ClFN4O3+. The quantitative estimate of drug-likeness (QED) is 0.706. The van der Waals surface area contributed by atoms with Crippen molar-refractivity contribution in [3.63, 3.8) is 0 Å². The van der Waals surface area contributed by atoms with E-state index in [4.69, 9.17) is 26.8 Å². The first-order valence-corrected chi connectivity index (χ1v) is 11.0. The summed E-state index contributed by atoms with van der Waals surface area (Å²) in [5, 5.41) is 9.86. The van der Waals surface area contributed by atoms with Crippen LogP contribution >= 0.6 is 11.6 Å². The Balaban J connectivity index is 1.75. The van der Waals surface area contributed by atoms with Crippen molar-refractivity contribution in [2.45, 2.75) is 25.8 Å². The van der Waals surface area contributed by atoms with Gasteiger partial charge in [0.15, 0.2) is 0 Å². The van der Waals surface area contributed by atoms with Gasteiger partial charge >= 0.3 is 0 Å². The normalized spacial score (nSPS) is 18.8. The summed E-state index contributed by atoms with van der Waals surface area (Å²) >= 11 is 6.32. The van der Waals surface area contributed by atoms with Crippen LogP contribution in [0.4, 0.5) is 4.39 Å². The van der Waals surface area contributed by atoms with Crippen molar-refractivity contribution < 1.29 is 18.8 Å². The third kappa shape index (κ3) is 4.11. The van der Waals surface area contributed by atoms with Gasteiger partial charge in [0.25, 0.3) is 5.56 Å². The molecule has 2 aromatic rings. The van der Waals surface area contributed by atoms with Crippen LogP contribution in [0.15, 0.2) is 40.5 Å². The molecule has 1 aromatic heterocycles. The maximum absolute atomic E-state index is 14.9. The molecule has 4 rings (SSSR count). The van der Waals surface area contributed by atoms with Gasteiger partial charge in [-0.1, -0.05) is 17.7 Å². The van der Waals surface area contributed by atoms with E-state index in [1.165, 1.54) is 23.1 Å². The second-order valence-corrected chi connectivity index (χ2v) is 8.45. The van der Waals surface area contributed by atoms with Crippen molar-refractivity contribution in [1.29, 1.82) is 5.26 Å². The predicted molar refractivity (Wildman–Crippen MR) is 117 cm³/mol. The Bertz CT molecular complexity index is 1140. The minimum atomic E-state index is -1.04. The van der Waals surface area contributed by atoms with E-state index in [-0.39, 0.29) is 38.9 Å². The number of hydrogen-bond acceptors (Lipinski definition) is 5. The SMILES string of the molecule is Cc1cc2c(c(=O)n1CCC[NH+]1CCOCC1)[C@@H](c1c(F)cccc1Cl)C(C#N)=C(N)O2. The average Bonchev–Trinajstić information content (AvgIpc) is 2.76. The van der Waals surface area contributed by atoms with Crippen LogP contribution in [0, 0.1) is 24.1 Å². The first-order valence-electron chi connectivity index (χ1n) is 10.6. The lowest BCUT2D eigenvalue weighted by molar-refractivity contribution is -0.908. The molecule has 0 spiro atoms. The number of aromatic nitrogens is 1. The summed E-state index contributed by atoms with van der Waals surface area (Å²) in [5.41, 5.74) is 6.54. The minimum Gasteiger partial charge on any atom is -0.440 e. The van der Waals surface area contributed by atoms with Crippen molar-refractivity contribution in [2.24, 2.45) is 5.73 Å². The molecule has 168 valence electrons. The van der Waals surface area contributed by atoms with Gasteiger partial charge in [0.1, 0.15) is 36.3 Å². The first kappa shape index (κ1) is 22.3. The van der Waals surface area contributed by atoms with Gasteiger partial charge in [-0.05, 0) is 19.1 Å². The van der Waals surface area contributed by atoms with Crippen LogP contribution in [0.2, 0.25) is 5.02 Å². The predicted octanol–water partition coefficient (Wildman–Crippen LogP) is 1.47. The number of ether oxygens (including phenoxy) is 2. The number of aryl methyl sites for hydroxylation is 1. The maximum Gasteiger partial charge on any atom is 0.258 e. The Labute approximate surface area is 190 Å². The Kier molecular flexibility index (Phi) is 6.51. The van der Waals surface area contributed by atoms with Crippen LogP contribution in [-0.4, -0.2) is 37.4 Å². The molecule has 1 fully saturated rings. The third-order valence-electron chi connectivity index (χ3n) is 6.09. The van der Waals surface area contributed by atoms with Crippen molar-refractivity contribution in [3.8, 4) is 11.8 Å². The van der Waals surface area contributed by atoms with Gasteiger partial charge < -0.3 is 24.7 Å². The molecule has 3 N–H and O–H groups in total. The molecule has 0 radical (unpaired) electrons. The van der Waals surface area contributed by atoms with Gasteiger partial charge in [-0.2, -0.15) is 5.26 Å². The summed E-state index contributed by atoms with van der Waals surface area (Å²) in [5.74, 6) is -1.58. The second-order valence-electron chi connectivity index (χ2n) is 8.05. The minimum absolute atomic E-state index is 0.0326. The fourth-order valence-corrected chi connectivity index (χ4v) is 4.71. The van der Waals surface area contributed by atoms with Crippen LogP contribution in [-0.2, 0) is 11.3 Å². The maximum atomic E-state index is 14.9. The molecule has 1 atom stereocenters. The van der Waals surface area contributed by atoms with Gasteiger partial charge in [0.05, 0.1) is 31.2 Å². The van der Waals surface area contributed by atoms with Crippen LogP contribution in [0.1, 0.15) is 29.2 Å². The number of nitrogens with zero attached hydrogens (tertiary/aromatic N) is 2. The lowest BCUT2D eigenvalue weighted by Gasteiger charge is -2.28. The summed E-state index contributed by atoms with van der Waals surface area (Å²) < 4.78 is 27.5. The fourth-order valence-electron chi connectivity index (χ4n) is 4.44. The number of pyridine rings is 1. The van der Waals surface area contributed by atoms with Gasteiger partial charge in [-0.15, -0.1) is 0 Å². The Morgan fingerprint density at radius 3 is 2.78 bits per heavy atom. The van der Waals surface area contributed by atoms with E-state index in [1.54, 1.807) is 10.6 Å². The number of fused-ring (bicyclic) bond motifs is 1. The summed E-state index contributed by atoms with van der Waals surface area (Å²) in [6, 6.07) is 7.94. The van der Waals surface area contributed by atoms with Crippen LogP contribution in [0.25, 0.3) is 0 Å². The van der Waals surface area contributed by atoms with E-state index >= 15 is 0 Å². The number of halogens is 2. The first-order chi connectivity index (χ1) is 15.4. The van der Waals surface area contributed by atoms with Crippen molar-refractivity contribution in [3.05, 3.63) is 73.7 Å². The Hall–Kier alpha value is -2.86. The van der Waals surface area contributed by atoms with Gasteiger partial charge in [0.2, 0.25) is 5.88 Å². The van der Waals surface area contributed by atoms with Crippen molar-refractivity contribution in [1.82, 2.24) is 4.57 Å². The topological polar surface area (TPSA) is 94.7 Å². The number of allylic oxidation sites excluding steroid dienone is 1. The van der Waals surface area contributed by atoms with Crippen LogP contribution < -0.4 is 20.9 Å². The number of hydrogen-bond donors (Lipinski definition) is 2. The highest BCUT2D eigenvalue weighted by molar-refractivity contribution is 6.31. The Morgan fingerprint density at radius 1 is 1.34 bits per heavy atom. The molecule has 0 aliphatic carbocycles. The number of nitriles is 1. The van der Waals surface area contributed by atoms with Crippen LogP contribution in [0.3, 0.4) is 0 Å². The highest BCUT2D eigenvalue weighted by Gasteiger charge is 2.37. The standard InChI is InChI=1S/C23H24ClFN4O3/c1-14-12-18-21(23(30)29(14)7-3-6-28-8-10-31-11-9-28)19(15(13-26)22(27)32-18)20-16(24)4-2-5-17(20)25/h2,4-5,12,19H,3,6-11,27H2,1H3/p+1/t19-/m1/s1. The van der Waals surface area contributed by atoms with Gasteiger partial charge in [-0.25, -0.2) is 4.39 Å².